The predicted octanol–water partition coefficient (Wildman–Crippen LogP) is 4.01. The number of nitrogens with one attached hydrogen (secondary N) is 2. The van der Waals surface area contributed by atoms with Crippen LogP contribution in [-0.4, -0.2) is 73.4 Å². The van der Waals surface area contributed by atoms with Crippen LogP contribution in [0, 0.1) is 5.82 Å². The Kier molecular flexibility index (Phi) is 8.07. The van der Waals surface area contributed by atoms with Crippen molar-refractivity contribution in [3.63, 3.8) is 0 Å². The Morgan fingerprint density at radius 3 is 2.45 bits per heavy atom. The molecule has 0 atom stereocenters. The van der Waals surface area contributed by atoms with Crippen molar-refractivity contribution in [3.05, 3.63) is 71.7 Å². The predicted molar refractivity (Wildman–Crippen MR) is 156 cm³/mol. The number of halogens is 1. The SMILES string of the molecule is O=C(NCCCN1CCCC1=O)c1ccc(N2CCN(c3ccccc3F)CC2)c(NC(=O)c2coc(C3CC3)n2)c1. The van der Waals surface area contributed by atoms with E-state index in [0.29, 0.717) is 74.9 Å². The zero-order valence-corrected chi connectivity index (χ0v) is 23.5. The average molecular weight is 575 g/mol. The number of aromatic nitrogens is 1. The topological polar surface area (TPSA) is 111 Å². The van der Waals surface area contributed by atoms with Crippen LogP contribution in [0.5, 0.6) is 0 Å². The number of piperazine rings is 1. The van der Waals surface area contributed by atoms with Crippen LogP contribution < -0.4 is 20.4 Å². The summed E-state index contributed by atoms with van der Waals surface area (Å²) in [6.07, 6.45) is 5.55. The van der Waals surface area contributed by atoms with Crippen LogP contribution in [0.25, 0.3) is 0 Å². The molecule has 10 nitrogen and oxygen atoms in total. The molecular formula is C31H35FN6O4. The highest BCUT2D eigenvalue weighted by atomic mass is 19.1. The van der Waals surface area contributed by atoms with Crippen LogP contribution in [0.15, 0.2) is 53.1 Å². The lowest BCUT2D eigenvalue weighted by Gasteiger charge is -2.38. The normalized spacial score (nSPS) is 17.1. The minimum Gasteiger partial charge on any atom is -0.448 e. The Bertz CT molecular complexity index is 1460. The molecule has 0 spiro atoms. The van der Waals surface area contributed by atoms with E-state index in [1.54, 1.807) is 24.3 Å². The number of oxazole rings is 1. The van der Waals surface area contributed by atoms with Gasteiger partial charge in [0.2, 0.25) is 5.91 Å². The van der Waals surface area contributed by atoms with Gasteiger partial charge < -0.3 is 29.8 Å². The molecule has 2 aromatic carbocycles. The summed E-state index contributed by atoms with van der Waals surface area (Å²) in [5, 5.41) is 5.88. The quantitative estimate of drug-likeness (QED) is 0.352. The highest BCUT2D eigenvalue weighted by molar-refractivity contribution is 6.06. The van der Waals surface area contributed by atoms with Crippen molar-refractivity contribution in [2.75, 3.05) is 60.9 Å². The van der Waals surface area contributed by atoms with Crippen molar-refractivity contribution in [1.82, 2.24) is 15.2 Å². The van der Waals surface area contributed by atoms with E-state index in [4.69, 9.17) is 4.42 Å². The molecule has 0 unspecified atom stereocenters. The number of hydrogen-bond donors (Lipinski definition) is 2. The lowest BCUT2D eigenvalue weighted by Crippen LogP contribution is -2.47. The molecule has 11 heteroatoms. The Morgan fingerprint density at radius 1 is 0.976 bits per heavy atom. The Hall–Kier alpha value is -4.41. The van der Waals surface area contributed by atoms with Gasteiger partial charge in [-0.3, -0.25) is 14.4 Å². The zero-order valence-electron chi connectivity index (χ0n) is 23.5. The van der Waals surface area contributed by atoms with E-state index in [-0.39, 0.29) is 29.2 Å². The van der Waals surface area contributed by atoms with Crippen LogP contribution in [0.4, 0.5) is 21.5 Å². The van der Waals surface area contributed by atoms with E-state index in [1.807, 2.05) is 21.9 Å². The fourth-order valence-corrected chi connectivity index (χ4v) is 5.56. The van der Waals surface area contributed by atoms with Gasteiger partial charge in [-0.1, -0.05) is 12.1 Å². The van der Waals surface area contributed by atoms with Crippen molar-refractivity contribution in [2.24, 2.45) is 0 Å². The lowest BCUT2D eigenvalue weighted by molar-refractivity contribution is -0.127. The number of carbonyl (C=O) groups is 3. The van der Waals surface area contributed by atoms with Gasteiger partial charge in [0.1, 0.15) is 12.1 Å². The zero-order chi connectivity index (χ0) is 29.1. The molecule has 0 bridgehead atoms. The molecule has 3 heterocycles. The van der Waals surface area contributed by atoms with Crippen LogP contribution in [-0.2, 0) is 4.79 Å². The molecule has 220 valence electrons. The Labute approximate surface area is 243 Å². The van der Waals surface area contributed by atoms with Crippen LogP contribution in [0.2, 0.25) is 0 Å². The van der Waals surface area contributed by atoms with Crippen molar-refractivity contribution >= 4 is 34.8 Å². The summed E-state index contributed by atoms with van der Waals surface area (Å²) < 4.78 is 19.9. The fourth-order valence-electron chi connectivity index (χ4n) is 5.56. The molecule has 0 radical (unpaired) electrons. The molecule has 1 aromatic heterocycles. The minimum atomic E-state index is -0.412. The number of rotatable bonds is 10. The monoisotopic (exact) mass is 574 g/mol. The average Bonchev–Trinajstić information content (AvgIpc) is 3.59. The summed E-state index contributed by atoms with van der Waals surface area (Å²) in [7, 11) is 0. The Balaban J connectivity index is 1.15. The largest absolute Gasteiger partial charge is 0.448 e. The second kappa shape index (κ2) is 12.2. The third-order valence-electron chi connectivity index (χ3n) is 8.06. The third-order valence-corrected chi connectivity index (χ3v) is 8.06. The van der Waals surface area contributed by atoms with Crippen LogP contribution in [0.1, 0.15) is 64.8 Å². The Morgan fingerprint density at radius 2 is 1.74 bits per heavy atom. The van der Waals surface area contributed by atoms with E-state index in [0.717, 1.165) is 31.5 Å². The van der Waals surface area contributed by atoms with E-state index in [1.165, 1.54) is 12.3 Å². The molecule has 2 N–H and O–H groups in total. The molecule has 3 fully saturated rings. The van der Waals surface area contributed by atoms with Gasteiger partial charge >= 0.3 is 0 Å². The van der Waals surface area contributed by atoms with Gasteiger partial charge in [-0.05, 0) is 56.0 Å². The first-order valence-electron chi connectivity index (χ1n) is 14.7. The van der Waals surface area contributed by atoms with Crippen molar-refractivity contribution in [3.8, 4) is 0 Å². The molecule has 42 heavy (non-hydrogen) atoms. The first-order chi connectivity index (χ1) is 20.5. The number of benzene rings is 2. The maximum atomic E-state index is 14.4. The number of amides is 3. The number of anilines is 3. The van der Waals surface area contributed by atoms with Gasteiger partial charge in [0, 0.05) is 63.7 Å². The number of likely N-dealkylation sites (tertiary alicyclic amines) is 1. The van der Waals surface area contributed by atoms with E-state index >= 15 is 0 Å². The van der Waals surface area contributed by atoms with Gasteiger partial charge in [0.25, 0.3) is 11.8 Å². The van der Waals surface area contributed by atoms with E-state index in [2.05, 4.69) is 20.5 Å². The van der Waals surface area contributed by atoms with Crippen molar-refractivity contribution in [2.45, 2.75) is 38.0 Å². The second-order valence-corrected chi connectivity index (χ2v) is 11.1. The molecule has 2 aliphatic heterocycles. The van der Waals surface area contributed by atoms with Gasteiger partial charge in [-0.15, -0.1) is 0 Å². The van der Waals surface area contributed by atoms with Gasteiger partial charge in [-0.2, -0.15) is 0 Å². The summed E-state index contributed by atoms with van der Waals surface area (Å²) in [6.45, 7) is 4.25. The molecule has 3 amide bonds. The van der Waals surface area contributed by atoms with Gasteiger partial charge in [0.05, 0.1) is 17.1 Å². The first-order valence-corrected chi connectivity index (χ1v) is 14.7. The van der Waals surface area contributed by atoms with Crippen LogP contribution in [0.3, 0.4) is 0 Å². The smallest absolute Gasteiger partial charge is 0.277 e. The number of carbonyl (C=O) groups excluding carboxylic acids is 3. The van der Waals surface area contributed by atoms with Crippen molar-refractivity contribution in [1.29, 1.82) is 0 Å². The highest BCUT2D eigenvalue weighted by Gasteiger charge is 2.30. The summed E-state index contributed by atoms with van der Waals surface area (Å²) in [6, 6.07) is 12.0. The number of para-hydroxylation sites is 1. The molecule has 3 aliphatic rings. The summed E-state index contributed by atoms with van der Waals surface area (Å²) in [4.78, 5) is 48.4. The summed E-state index contributed by atoms with van der Waals surface area (Å²) in [5.74, 6) is 0.108. The summed E-state index contributed by atoms with van der Waals surface area (Å²) in [5.41, 5.74) is 2.44. The molecule has 1 aliphatic carbocycles. The first kappa shape index (κ1) is 27.7. The molecule has 3 aromatic rings. The van der Waals surface area contributed by atoms with E-state index in [9.17, 15) is 18.8 Å². The molecule has 1 saturated carbocycles. The fraction of sp³-hybridized carbons (Fsp3) is 0.419. The second-order valence-electron chi connectivity index (χ2n) is 11.1. The summed E-state index contributed by atoms with van der Waals surface area (Å²) >= 11 is 0. The third kappa shape index (κ3) is 6.24. The van der Waals surface area contributed by atoms with Gasteiger partial charge in [-0.25, -0.2) is 9.37 Å². The highest BCUT2D eigenvalue weighted by Crippen LogP contribution is 2.39. The van der Waals surface area contributed by atoms with E-state index < -0.39 is 5.91 Å². The lowest BCUT2D eigenvalue weighted by atomic mass is 10.1. The maximum absolute atomic E-state index is 14.4. The molecule has 6 rings (SSSR count). The maximum Gasteiger partial charge on any atom is 0.277 e. The van der Waals surface area contributed by atoms with Crippen LogP contribution >= 0.6 is 0 Å². The molecular weight excluding hydrogens is 539 g/mol. The van der Waals surface area contributed by atoms with Gasteiger partial charge in [0.15, 0.2) is 11.6 Å². The van der Waals surface area contributed by atoms with Crippen molar-refractivity contribution < 1.29 is 23.2 Å². The minimum absolute atomic E-state index is 0.170. The number of hydrogen-bond acceptors (Lipinski definition) is 7. The molecule has 2 saturated heterocycles. The standard InChI is InChI=1S/C31H35FN6O4/c32-23-5-1-2-6-26(23)36-15-17-37(18-16-36)27-11-10-22(29(40)33-12-4-14-38-13-3-7-28(38)39)19-24(27)34-30(41)25-20-42-31(35-25)21-8-9-21/h1-2,5-6,10-11,19-21H,3-4,7-9,12-18H2,(H,33,40)(H,34,41). The number of nitrogens with zero attached hydrogens (tertiary/aromatic N) is 4.